The molecule has 1 aromatic carbocycles. The highest BCUT2D eigenvalue weighted by Crippen LogP contribution is 2.20. The van der Waals surface area contributed by atoms with Crippen molar-refractivity contribution in [1.82, 2.24) is 19.9 Å². The van der Waals surface area contributed by atoms with Gasteiger partial charge in [-0.05, 0) is 24.3 Å². The minimum absolute atomic E-state index is 0.458. The molecule has 6 N–H and O–H groups in total. The molecule has 0 bridgehead atoms. The number of anilines is 4. The topological polar surface area (TPSA) is 152 Å². The predicted molar refractivity (Wildman–Crippen MR) is 127 cm³/mol. The Hall–Kier alpha value is -4.86. The van der Waals surface area contributed by atoms with Crippen LogP contribution in [0.3, 0.4) is 0 Å². The van der Waals surface area contributed by atoms with Crippen LogP contribution in [0.25, 0.3) is 11.4 Å². The normalized spacial score (nSPS) is 11.1. The van der Waals surface area contributed by atoms with Crippen molar-refractivity contribution in [2.45, 2.75) is 0 Å². The number of hydrogen-bond donors (Lipinski definition) is 4. The molecule has 3 heterocycles. The van der Waals surface area contributed by atoms with E-state index in [1.54, 1.807) is 42.7 Å². The predicted octanol–water partition coefficient (Wildman–Crippen LogP) is 2.99. The third-order valence-corrected chi connectivity index (χ3v) is 4.23. The van der Waals surface area contributed by atoms with Gasteiger partial charge in [0.25, 0.3) is 0 Å². The van der Waals surface area contributed by atoms with Crippen molar-refractivity contribution < 1.29 is 0 Å². The molecule has 10 nitrogen and oxygen atoms in total. The second-order valence-electron chi connectivity index (χ2n) is 6.52. The summed E-state index contributed by atoms with van der Waals surface area (Å²) in [4.78, 5) is 17.4. The number of hydrogen-bond acceptors (Lipinski definition) is 10. The standard InChI is InChI=1S/C22H20N10/c23-16-8-4-10-25-18(16)13-27-31-20-12-21(30-22(29-20)15-6-2-1-3-7-15)32-28-14-19-17(24)9-5-11-26-19/h1-14H,23-24H2,(H2,29,30,31,32)/b27-13+,28-14+. The molecule has 0 saturated carbocycles. The minimum Gasteiger partial charge on any atom is -0.397 e. The molecule has 158 valence electrons. The van der Waals surface area contributed by atoms with E-state index in [-0.39, 0.29) is 0 Å². The first-order chi connectivity index (χ1) is 15.7. The van der Waals surface area contributed by atoms with E-state index in [0.29, 0.717) is 40.2 Å². The quantitative estimate of drug-likeness (QED) is 0.261. The van der Waals surface area contributed by atoms with Crippen LogP contribution in [-0.4, -0.2) is 32.4 Å². The number of rotatable bonds is 7. The molecular weight excluding hydrogens is 404 g/mol. The zero-order chi connectivity index (χ0) is 22.2. The molecule has 0 aliphatic heterocycles. The van der Waals surface area contributed by atoms with E-state index in [2.05, 4.69) is 41.0 Å². The van der Waals surface area contributed by atoms with Crippen molar-refractivity contribution >= 4 is 35.4 Å². The molecule has 0 amide bonds. The molecule has 0 aliphatic rings. The van der Waals surface area contributed by atoms with E-state index in [9.17, 15) is 0 Å². The van der Waals surface area contributed by atoms with Gasteiger partial charge < -0.3 is 11.5 Å². The molecule has 0 aliphatic carbocycles. The van der Waals surface area contributed by atoms with E-state index in [1.165, 1.54) is 12.4 Å². The molecule has 0 spiro atoms. The number of nitrogens with one attached hydrogen (secondary N) is 2. The summed E-state index contributed by atoms with van der Waals surface area (Å²) in [5.74, 6) is 1.41. The summed E-state index contributed by atoms with van der Waals surface area (Å²) in [6, 6.07) is 18.3. The SMILES string of the molecule is Nc1cccnc1/C=N/Nc1cc(N/N=C/c2ncccc2N)nc(-c2ccccc2)n1. The van der Waals surface area contributed by atoms with Gasteiger partial charge >= 0.3 is 0 Å². The van der Waals surface area contributed by atoms with Crippen molar-refractivity contribution in [1.29, 1.82) is 0 Å². The largest absolute Gasteiger partial charge is 0.397 e. The number of pyridine rings is 2. The van der Waals surface area contributed by atoms with Crippen molar-refractivity contribution in [2.75, 3.05) is 22.3 Å². The molecule has 0 unspecified atom stereocenters. The van der Waals surface area contributed by atoms with Crippen LogP contribution in [0.15, 0.2) is 83.3 Å². The van der Waals surface area contributed by atoms with E-state index in [0.717, 1.165) is 5.56 Å². The maximum absolute atomic E-state index is 5.89. The lowest BCUT2D eigenvalue weighted by atomic mass is 10.2. The molecule has 0 radical (unpaired) electrons. The second-order valence-corrected chi connectivity index (χ2v) is 6.52. The fraction of sp³-hybridized carbons (Fsp3) is 0. The van der Waals surface area contributed by atoms with Gasteiger partial charge in [0.05, 0.1) is 23.8 Å². The van der Waals surface area contributed by atoms with Crippen LogP contribution in [0.1, 0.15) is 11.4 Å². The van der Waals surface area contributed by atoms with Crippen LogP contribution in [0.2, 0.25) is 0 Å². The highest BCUT2D eigenvalue weighted by atomic mass is 15.3. The molecule has 0 saturated heterocycles. The van der Waals surface area contributed by atoms with Crippen molar-refractivity contribution in [3.63, 3.8) is 0 Å². The van der Waals surface area contributed by atoms with Gasteiger partial charge in [-0.2, -0.15) is 10.2 Å². The summed E-state index contributed by atoms with van der Waals surface area (Å²) in [7, 11) is 0. The Balaban J connectivity index is 1.58. The molecule has 4 rings (SSSR count). The van der Waals surface area contributed by atoms with Crippen molar-refractivity contribution in [2.24, 2.45) is 10.2 Å². The van der Waals surface area contributed by atoms with Gasteiger partial charge in [0.1, 0.15) is 11.4 Å². The summed E-state index contributed by atoms with van der Waals surface area (Å²) >= 11 is 0. The number of nitrogens with zero attached hydrogens (tertiary/aromatic N) is 6. The average Bonchev–Trinajstić information content (AvgIpc) is 2.82. The summed E-state index contributed by atoms with van der Waals surface area (Å²) in [6.45, 7) is 0. The fourth-order valence-electron chi connectivity index (χ4n) is 2.67. The zero-order valence-electron chi connectivity index (χ0n) is 16.9. The Bertz CT molecular complexity index is 1180. The Labute approximate surface area is 184 Å². The first-order valence-corrected chi connectivity index (χ1v) is 9.63. The van der Waals surface area contributed by atoms with E-state index < -0.39 is 0 Å². The lowest BCUT2D eigenvalue weighted by Gasteiger charge is -2.07. The van der Waals surface area contributed by atoms with Gasteiger partial charge in [0, 0.05) is 24.0 Å². The monoisotopic (exact) mass is 424 g/mol. The molecule has 4 aromatic rings. The third kappa shape index (κ3) is 5.19. The van der Waals surface area contributed by atoms with E-state index in [4.69, 9.17) is 11.5 Å². The summed E-state index contributed by atoms with van der Waals surface area (Å²) < 4.78 is 0. The molecule has 3 aromatic heterocycles. The molecular formula is C22H20N10. The third-order valence-electron chi connectivity index (χ3n) is 4.23. The number of aromatic nitrogens is 4. The van der Waals surface area contributed by atoms with Crippen LogP contribution in [0, 0.1) is 0 Å². The Kier molecular flexibility index (Phi) is 6.23. The minimum atomic E-state index is 0.458. The fourth-order valence-corrected chi connectivity index (χ4v) is 2.67. The number of nitrogen functional groups attached to an aromatic ring is 2. The summed E-state index contributed by atoms with van der Waals surface area (Å²) in [5, 5.41) is 8.38. The zero-order valence-corrected chi connectivity index (χ0v) is 16.9. The summed E-state index contributed by atoms with van der Waals surface area (Å²) in [5.41, 5.74) is 20.5. The van der Waals surface area contributed by atoms with Crippen LogP contribution < -0.4 is 22.3 Å². The first-order valence-electron chi connectivity index (χ1n) is 9.63. The Morgan fingerprint density at radius 2 is 1.22 bits per heavy atom. The molecule has 32 heavy (non-hydrogen) atoms. The van der Waals surface area contributed by atoms with Gasteiger partial charge in [0.2, 0.25) is 0 Å². The van der Waals surface area contributed by atoms with E-state index in [1.807, 2.05) is 30.3 Å². The van der Waals surface area contributed by atoms with Crippen LogP contribution in [-0.2, 0) is 0 Å². The number of hydrazone groups is 2. The van der Waals surface area contributed by atoms with Crippen molar-refractivity contribution in [3.8, 4) is 11.4 Å². The maximum Gasteiger partial charge on any atom is 0.163 e. The van der Waals surface area contributed by atoms with Crippen LogP contribution in [0.4, 0.5) is 23.0 Å². The lowest BCUT2D eigenvalue weighted by Crippen LogP contribution is -2.03. The van der Waals surface area contributed by atoms with Gasteiger partial charge in [0.15, 0.2) is 17.5 Å². The molecule has 0 atom stereocenters. The van der Waals surface area contributed by atoms with Crippen LogP contribution >= 0.6 is 0 Å². The van der Waals surface area contributed by atoms with Gasteiger partial charge in [-0.1, -0.05) is 30.3 Å². The average molecular weight is 424 g/mol. The second kappa shape index (κ2) is 9.76. The first kappa shape index (κ1) is 20.4. The van der Waals surface area contributed by atoms with Gasteiger partial charge in [-0.25, -0.2) is 9.97 Å². The summed E-state index contributed by atoms with van der Waals surface area (Å²) in [6.07, 6.45) is 6.33. The smallest absolute Gasteiger partial charge is 0.163 e. The lowest BCUT2D eigenvalue weighted by molar-refractivity contribution is 1.12. The van der Waals surface area contributed by atoms with E-state index >= 15 is 0 Å². The molecule has 10 heteroatoms. The maximum atomic E-state index is 5.89. The van der Waals surface area contributed by atoms with Gasteiger partial charge in [-0.15, -0.1) is 0 Å². The van der Waals surface area contributed by atoms with Crippen LogP contribution in [0.5, 0.6) is 0 Å². The highest BCUT2D eigenvalue weighted by molar-refractivity contribution is 5.85. The Morgan fingerprint density at radius 3 is 1.72 bits per heavy atom. The number of nitrogens with two attached hydrogens (primary N) is 2. The molecule has 0 fully saturated rings. The van der Waals surface area contributed by atoms with Gasteiger partial charge in [-0.3, -0.25) is 20.8 Å². The Morgan fingerprint density at radius 1 is 0.688 bits per heavy atom. The van der Waals surface area contributed by atoms with Crippen molar-refractivity contribution in [3.05, 3.63) is 84.4 Å². The number of benzene rings is 1. The highest BCUT2D eigenvalue weighted by Gasteiger charge is 2.07.